The van der Waals surface area contributed by atoms with Crippen molar-refractivity contribution < 1.29 is 9.53 Å². The van der Waals surface area contributed by atoms with Gasteiger partial charge in [-0.2, -0.15) is 5.10 Å². The third-order valence-electron chi connectivity index (χ3n) is 3.85. The van der Waals surface area contributed by atoms with E-state index in [2.05, 4.69) is 21.6 Å². The Morgan fingerprint density at radius 3 is 2.67 bits per heavy atom. The van der Waals surface area contributed by atoms with Crippen LogP contribution in [0.25, 0.3) is 10.8 Å². The Morgan fingerprint density at radius 1 is 1.17 bits per heavy atom. The number of fused-ring (bicyclic) bond motifs is 1. The largest absolute Gasteiger partial charge is 0.497 e. The standard InChI is InChI=1S/C19H19N3O2/c1-3-17(21-22-19(23)18-5-4-10-20-18)15-7-6-14-12-16(24-2)9-8-13(14)11-15/h4-12,20H,3H2,1-2H3,(H,22,23)/b21-17-. The number of hydrazone groups is 1. The predicted molar refractivity (Wildman–Crippen MR) is 95.6 cm³/mol. The van der Waals surface area contributed by atoms with Crippen molar-refractivity contribution in [2.24, 2.45) is 5.10 Å². The number of H-pyrrole nitrogens is 1. The van der Waals surface area contributed by atoms with E-state index in [-0.39, 0.29) is 5.91 Å². The van der Waals surface area contributed by atoms with E-state index in [1.807, 2.05) is 37.3 Å². The lowest BCUT2D eigenvalue weighted by Crippen LogP contribution is -2.20. The van der Waals surface area contributed by atoms with Crippen molar-refractivity contribution in [1.29, 1.82) is 0 Å². The van der Waals surface area contributed by atoms with Gasteiger partial charge < -0.3 is 9.72 Å². The van der Waals surface area contributed by atoms with Crippen molar-refractivity contribution in [3.8, 4) is 5.75 Å². The summed E-state index contributed by atoms with van der Waals surface area (Å²) < 4.78 is 5.25. The summed E-state index contributed by atoms with van der Waals surface area (Å²) in [5.74, 6) is 0.578. The van der Waals surface area contributed by atoms with Gasteiger partial charge in [0.1, 0.15) is 11.4 Å². The first-order chi connectivity index (χ1) is 11.7. The van der Waals surface area contributed by atoms with Crippen LogP contribution < -0.4 is 10.2 Å². The van der Waals surface area contributed by atoms with E-state index in [0.717, 1.165) is 27.8 Å². The minimum Gasteiger partial charge on any atom is -0.497 e. The van der Waals surface area contributed by atoms with Gasteiger partial charge >= 0.3 is 0 Å². The van der Waals surface area contributed by atoms with Gasteiger partial charge in [0.2, 0.25) is 0 Å². The third-order valence-corrected chi connectivity index (χ3v) is 3.85. The Kier molecular flexibility index (Phi) is 4.61. The van der Waals surface area contributed by atoms with Gasteiger partial charge in [0.05, 0.1) is 12.8 Å². The molecule has 0 unspecified atom stereocenters. The number of hydrogen-bond donors (Lipinski definition) is 2. The smallest absolute Gasteiger partial charge is 0.287 e. The zero-order valence-corrected chi connectivity index (χ0v) is 13.7. The number of aromatic amines is 1. The Morgan fingerprint density at radius 2 is 1.96 bits per heavy atom. The van der Waals surface area contributed by atoms with Crippen LogP contribution >= 0.6 is 0 Å². The van der Waals surface area contributed by atoms with Crippen molar-refractivity contribution in [3.63, 3.8) is 0 Å². The monoisotopic (exact) mass is 321 g/mol. The maximum absolute atomic E-state index is 12.0. The summed E-state index contributed by atoms with van der Waals surface area (Å²) in [6.07, 6.45) is 2.42. The van der Waals surface area contributed by atoms with Crippen LogP contribution in [0.4, 0.5) is 0 Å². The molecule has 1 heterocycles. The molecule has 0 radical (unpaired) electrons. The van der Waals surface area contributed by atoms with Crippen LogP contribution in [-0.2, 0) is 0 Å². The summed E-state index contributed by atoms with van der Waals surface area (Å²) in [6, 6.07) is 15.5. The van der Waals surface area contributed by atoms with Gasteiger partial charge in [-0.05, 0) is 53.1 Å². The summed E-state index contributed by atoms with van der Waals surface area (Å²) in [4.78, 5) is 14.8. The molecule has 3 rings (SSSR count). The molecule has 5 nitrogen and oxygen atoms in total. The number of hydrogen-bond acceptors (Lipinski definition) is 3. The van der Waals surface area contributed by atoms with Crippen LogP contribution in [0.5, 0.6) is 5.75 Å². The zero-order valence-electron chi connectivity index (χ0n) is 13.7. The molecule has 2 aromatic carbocycles. The van der Waals surface area contributed by atoms with E-state index in [0.29, 0.717) is 12.1 Å². The van der Waals surface area contributed by atoms with Crippen molar-refractivity contribution in [1.82, 2.24) is 10.4 Å². The Balaban J connectivity index is 1.85. The number of rotatable bonds is 5. The van der Waals surface area contributed by atoms with E-state index in [1.165, 1.54) is 0 Å². The number of nitrogens with zero attached hydrogens (tertiary/aromatic N) is 1. The average Bonchev–Trinajstić information content (AvgIpc) is 3.16. The molecule has 5 heteroatoms. The van der Waals surface area contributed by atoms with Gasteiger partial charge in [-0.3, -0.25) is 4.79 Å². The van der Waals surface area contributed by atoms with Gasteiger partial charge in [-0.15, -0.1) is 0 Å². The highest BCUT2D eigenvalue weighted by molar-refractivity contribution is 6.04. The molecule has 0 saturated heterocycles. The van der Waals surface area contributed by atoms with Crippen LogP contribution in [0.1, 0.15) is 29.4 Å². The molecule has 1 amide bonds. The molecular weight excluding hydrogens is 302 g/mol. The normalized spacial score (nSPS) is 11.5. The molecule has 0 aliphatic carbocycles. The molecule has 0 spiro atoms. The number of benzene rings is 2. The molecule has 1 aromatic heterocycles. The fraction of sp³-hybridized carbons (Fsp3) is 0.158. The van der Waals surface area contributed by atoms with Crippen LogP contribution in [-0.4, -0.2) is 23.7 Å². The van der Waals surface area contributed by atoms with Crippen LogP contribution in [0.15, 0.2) is 59.8 Å². The van der Waals surface area contributed by atoms with Crippen LogP contribution in [0.2, 0.25) is 0 Å². The fourth-order valence-corrected chi connectivity index (χ4v) is 2.53. The molecule has 2 N–H and O–H groups in total. The number of carbonyl (C=O) groups is 1. The summed E-state index contributed by atoms with van der Waals surface area (Å²) in [7, 11) is 1.66. The number of nitrogens with one attached hydrogen (secondary N) is 2. The highest BCUT2D eigenvalue weighted by Crippen LogP contribution is 2.22. The van der Waals surface area contributed by atoms with Gasteiger partial charge in [0.15, 0.2) is 0 Å². The second-order valence-electron chi connectivity index (χ2n) is 5.36. The van der Waals surface area contributed by atoms with Gasteiger partial charge in [0, 0.05) is 6.20 Å². The highest BCUT2D eigenvalue weighted by atomic mass is 16.5. The maximum atomic E-state index is 12.0. The first-order valence-electron chi connectivity index (χ1n) is 7.79. The third kappa shape index (κ3) is 3.30. The second kappa shape index (κ2) is 7.00. The molecule has 0 aliphatic rings. The predicted octanol–water partition coefficient (Wildman–Crippen LogP) is 3.72. The quantitative estimate of drug-likeness (QED) is 0.555. The van der Waals surface area contributed by atoms with E-state index in [1.54, 1.807) is 25.4 Å². The molecule has 0 aliphatic heterocycles. The number of methoxy groups -OCH3 is 1. The van der Waals surface area contributed by atoms with E-state index >= 15 is 0 Å². The van der Waals surface area contributed by atoms with E-state index in [9.17, 15) is 4.79 Å². The molecule has 0 bridgehead atoms. The number of carbonyl (C=O) groups excluding carboxylic acids is 1. The molecular formula is C19H19N3O2. The number of amides is 1. The first kappa shape index (κ1) is 15.8. The Hall–Kier alpha value is -3.08. The molecule has 122 valence electrons. The van der Waals surface area contributed by atoms with Gasteiger partial charge in [-0.1, -0.05) is 25.1 Å². The van der Waals surface area contributed by atoms with Crippen molar-refractivity contribution in [2.45, 2.75) is 13.3 Å². The second-order valence-corrected chi connectivity index (χ2v) is 5.36. The van der Waals surface area contributed by atoms with Crippen LogP contribution in [0.3, 0.4) is 0 Å². The minimum atomic E-state index is -0.253. The number of aromatic nitrogens is 1. The summed E-state index contributed by atoms with van der Waals surface area (Å²) in [5.41, 5.74) is 4.90. The Bertz CT molecular complexity index is 883. The molecule has 0 atom stereocenters. The maximum Gasteiger partial charge on any atom is 0.287 e. The van der Waals surface area contributed by atoms with Crippen molar-refractivity contribution in [2.75, 3.05) is 7.11 Å². The summed E-state index contributed by atoms with van der Waals surface area (Å²) in [5, 5.41) is 6.48. The average molecular weight is 321 g/mol. The summed E-state index contributed by atoms with van der Waals surface area (Å²) >= 11 is 0. The van der Waals surface area contributed by atoms with Crippen molar-refractivity contribution in [3.05, 3.63) is 66.0 Å². The molecule has 3 aromatic rings. The molecule has 0 fully saturated rings. The zero-order chi connectivity index (χ0) is 16.9. The molecule has 24 heavy (non-hydrogen) atoms. The molecule has 0 saturated carbocycles. The first-order valence-corrected chi connectivity index (χ1v) is 7.79. The fourth-order valence-electron chi connectivity index (χ4n) is 2.53. The van der Waals surface area contributed by atoms with Gasteiger partial charge in [0.25, 0.3) is 5.91 Å². The van der Waals surface area contributed by atoms with E-state index in [4.69, 9.17) is 4.74 Å². The highest BCUT2D eigenvalue weighted by Gasteiger charge is 2.07. The lowest BCUT2D eigenvalue weighted by Gasteiger charge is -2.08. The lowest BCUT2D eigenvalue weighted by molar-refractivity contribution is 0.0950. The number of ether oxygens (including phenoxy) is 1. The van der Waals surface area contributed by atoms with Crippen LogP contribution in [0, 0.1) is 0 Å². The SMILES string of the molecule is CC/C(=N/NC(=O)c1ccc[nH]1)c1ccc2cc(OC)ccc2c1. The summed E-state index contributed by atoms with van der Waals surface area (Å²) in [6.45, 7) is 2.01. The minimum absolute atomic E-state index is 0.253. The topological polar surface area (TPSA) is 66.5 Å². The Labute approximate surface area is 140 Å². The van der Waals surface area contributed by atoms with Crippen molar-refractivity contribution >= 4 is 22.4 Å². The lowest BCUT2D eigenvalue weighted by atomic mass is 10.0. The van der Waals surface area contributed by atoms with E-state index < -0.39 is 0 Å². The van der Waals surface area contributed by atoms with Gasteiger partial charge in [-0.25, -0.2) is 5.43 Å².